The lowest BCUT2D eigenvalue weighted by Gasteiger charge is -2.03. The fourth-order valence-electron chi connectivity index (χ4n) is 3.28. The van der Waals surface area contributed by atoms with Gasteiger partial charge in [0.2, 0.25) is 0 Å². The van der Waals surface area contributed by atoms with Crippen LogP contribution in [-0.4, -0.2) is 52.1 Å². The third-order valence-electron chi connectivity index (χ3n) is 5.94. The van der Waals surface area contributed by atoms with Crippen LogP contribution in [0.2, 0.25) is 0 Å². The number of esters is 4. The number of anilines is 4. The highest BCUT2D eigenvalue weighted by molar-refractivity contribution is 6.03. The molecule has 0 saturated heterocycles. The average Bonchev–Trinajstić information content (AvgIpc) is 3.05. The minimum Gasteiger partial charge on any atom is -0.481 e. The SMILES string of the molecule is N[C@@H](CCC(=O)O)C(=O)O.Nc1ccc(C(=O)OC(=O)c2ccc(N)cc2)cc1.Nc1ccc(C(=O)OC(=O)c2ccc(N)cc2)cc1. The van der Waals surface area contributed by atoms with Crippen molar-refractivity contribution in [2.24, 2.45) is 5.73 Å². The van der Waals surface area contributed by atoms with E-state index in [1.54, 1.807) is 48.5 Å². The van der Waals surface area contributed by atoms with Crippen molar-refractivity contribution in [3.63, 3.8) is 0 Å². The van der Waals surface area contributed by atoms with Gasteiger partial charge in [-0.25, -0.2) is 19.2 Å². The zero-order valence-corrected chi connectivity index (χ0v) is 25.3. The summed E-state index contributed by atoms with van der Waals surface area (Å²) >= 11 is 0. The van der Waals surface area contributed by atoms with Gasteiger partial charge in [-0.05, 0) is 103 Å². The van der Waals surface area contributed by atoms with Crippen LogP contribution in [0.1, 0.15) is 54.3 Å². The fraction of sp³-hybridized carbons (Fsp3) is 0.0909. The molecule has 0 aliphatic rings. The number of hydrogen-bond acceptors (Lipinski definition) is 13. The van der Waals surface area contributed by atoms with Gasteiger partial charge in [-0.1, -0.05) is 0 Å². The van der Waals surface area contributed by atoms with Gasteiger partial charge in [-0.15, -0.1) is 0 Å². The number of ether oxygens (including phenoxy) is 2. The third kappa shape index (κ3) is 13.1. The molecule has 0 aliphatic carbocycles. The largest absolute Gasteiger partial charge is 0.481 e. The van der Waals surface area contributed by atoms with Crippen molar-refractivity contribution in [2.75, 3.05) is 22.9 Å². The standard InChI is InChI=1S/2C14H12N2O3.C5H9NO4/c2*15-11-5-1-9(2-6-11)13(17)19-14(18)10-3-7-12(16)8-4-10;6-3(5(9)10)1-2-4(7)8/h2*1-8H,15-16H2;3H,1-2,6H2,(H,7,8)(H,9,10)/t;;3-/m..0/s1. The molecule has 0 radical (unpaired) electrons. The van der Waals surface area contributed by atoms with Crippen LogP contribution < -0.4 is 28.7 Å². The van der Waals surface area contributed by atoms with Crippen LogP contribution in [0.15, 0.2) is 97.1 Å². The number of carbonyl (C=O) groups excluding carboxylic acids is 4. The van der Waals surface area contributed by atoms with Crippen LogP contribution in [0.3, 0.4) is 0 Å². The summed E-state index contributed by atoms with van der Waals surface area (Å²) in [5.74, 6) is -5.08. The smallest absolute Gasteiger partial charge is 0.346 e. The van der Waals surface area contributed by atoms with Crippen LogP contribution in [-0.2, 0) is 19.1 Å². The molecule has 0 aliphatic heterocycles. The summed E-state index contributed by atoms with van der Waals surface area (Å²) in [7, 11) is 0. The fourth-order valence-corrected chi connectivity index (χ4v) is 3.28. The zero-order valence-electron chi connectivity index (χ0n) is 25.3. The van der Waals surface area contributed by atoms with Crippen LogP contribution in [0.25, 0.3) is 0 Å². The van der Waals surface area contributed by atoms with Gasteiger partial charge >= 0.3 is 35.8 Å². The molecule has 1 atom stereocenters. The number of carboxylic acid groups (broad SMARTS) is 2. The summed E-state index contributed by atoms with van der Waals surface area (Å²) in [6.07, 6.45) is -0.224. The number of rotatable bonds is 8. The van der Waals surface area contributed by atoms with E-state index in [2.05, 4.69) is 0 Å². The number of nitrogen functional groups attached to an aromatic ring is 4. The quantitative estimate of drug-likeness (QED) is 0.0812. The number of benzene rings is 4. The van der Waals surface area contributed by atoms with Gasteiger partial charge < -0.3 is 48.4 Å². The molecule has 48 heavy (non-hydrogen) atoms. The van der Waals surface area contributed by atoms with E-state index >= 15 is 0 Å². The Hall–Kier alpha value is -6.74. The maximum absolute atomic E-state index is 11.7. The Labute approximate surface area is 273 Å². The van der Waals surface area contributed by atoms with Crippen molar-refractivity contribution in [2.45, 2.75) is 18.9 Å². The Morgan fingerprint density at radius 3 is 0.896 bits per heavy atom. The molecule has 4 aromatic carbocycles. The van der Waals surface area contributed by atoms with Crippen molar-refractivity contribution in [1.82, 2.24) is 0 Å². The van der Waals surface area contributed by atoms with E-state index in [0.717, 1.165) is 0 Å². The van der Waals surface area contributed by atoms with Crippen LogP contribution in [0.5, 0.6) is 0 Å². The van der Waals surface area contributed by atoms with Gasteiger partial charge in [0, 0.05) is 29.2 Å². The molecule has 250 valence electrons. The van der Waals surface area contributed by atoms with Gasteiger partial charge in [0.15, 0.2) is 0 Å². The van der Waals surface area contributed by atoms with Crippen molar-refractivity contribution < 1.29 is 48.5 Å². The number of nitrogens with two attached hydrogens (primary N) is 5. The number of carbonyl (C=O) groups is 6. The monoisotopic (exact) mass is 659 g/mol. The maximum atomic E-state index is 11.7. The maximum Gasteiger partial charge on any atom is 0.346 e. The summed E-state index contributed by atoms with van der Waals surface area (Å²) in [6.45, 7) is 0. The van der Waals surface area contributed by atoms with Gasteiger partial charge in [0.05, 0.1) is 22.3 Å². The molecule has 0 saturated carbocycles. The van der Waals surface area contributed by atoms with Crippen LogP contribution in [0.4, 0.5) is 22.7 Å². The molecule has 4 rings (SSSR count). The second kappa shape index (κ2) is 18.3. The van der Waals surface area contributed by atoms with Crippen molar-refractivity contribution >= 4 is 58.6 Å². The minimum atomic E-state index is -1.17. The van der Waals surface area contributed by atoms with Crippen LogP contribution >= 0.6 is 0 Å². The Morgan fingerprint density at radius 2 is 0.708 bits per heavy atom. The van der Waals surface area contributed by atoms with E-state index < -0.39 is 41.9 Å². The molecule has 15 heteroatoms. The number of hydrogen-bond donors (Lipinski definition) is 7. The highest BCUT2D eigenvalue weighted by Crippen LogP contribution is 2.12. The van der Waals surface area contributed by atoms with E-state index in [1.165, 1.54) is 48.5 Å². The summed E-state index contributed by atoms with van der Waals surface area (Å²) in [5, 5.41) is 16.3. The average molecular weight is 660 g/mol. The molecule has 0 aromatic heterocycles. The first-order valence-electron chi connectivity index (χ1n) is 13.8. The molecule has 12 N–H and O–H groups in total. The first kappa shape index (κ1) is 37.4. The lowest BCUT2D eigenvalue weighted by atomic mass is 10.2. The minimum absolute atomic E-state index is 0.0231. The van der Waals surface area contributed by atoms with Gasteiger partial charge in [-0.3, -0.25) is 9.59 Å². The third-order valence-corrected chi connectivity index (χ3v) is 5.94. The van der Waals surface area contributed by atoms with Gasteiger partial charge in [0.1, 0.15) is 6.04 Å². The predicted octanol–water partition coefficient (Wildman–Crippen LogP) is 2.96. The second-order valence-corrected chi connectivity index (χ2v) is 9.72. The van der Waals surface area contributed by atoms with Gasteiger partial charge in [-0.2, -0.15) is 0 Å². The topological polar surface area (TPSA) is 291 Å². The first-order chi connectivity index (χ1) is 22.7. The lowest BCUT2D eigenvalue weighted by Crippen LogP contribution is -2.30. The number of carboxylic acids is 2. The molecular weight excluding hydrogens is 626 g/mol. The molecule has 15 nitrogen and oxygen atoms in total. The molecule has 0 bridgehead atoms. The van der Waals surface area contributed by atoms with E-state index in [9.17, 15) is 28.8 Å². The number of aliphatic carboxylic acids is 2. The predicted molar refractivity (Wildman–Crippen MR) is 175 cm³/mol. The summed E-state index contributed by atoms with van der Waals surface area (Å²) in [5.41, 5.74) is 30.2. The summed E-state index contributed by atoms with van der Waals surface area (Å²) in [4.78, 5) is 66.7. The Kier molecular flexibility index (Phi) is 14.3. The summed E-state index contributed by atoms with van der Waals surface area (Å²) < 4.78 is 9.49. The molecule has 4 aromatic rings. The normalized spacial score (nSPS) is 10.4. The van der Waals surface area contributed by atoms with Crippen molar-refractivity contribution in [3.8, 4) is 0 Å². The highest BCUT2D eigenvalue weighted by atomic mass is 16.6. The molecule has 0 spiro atoms. The molecule has 0 fully saturated rings. The first-order valence-corrected chi connectivity index (χ1v) is 13.8. The zero-order chi connectivity index (χ0) is 35.8. The molecule has 0 heterocycles. The lowest BCUT2D eigenvalue weighted by molar-refractivity contribution is -0.139. The highest BCUT2D eigenvalue weighted by Gasteiger charge is 2.16. The van der Waals surface area contributed by atoms with E-state index in [-0.39, 0.29) is 35.1 Å². The Morgan fingerprint density at radius 1 is 0.479 bits per heavy atom. The summed E-state index contributed by atoms with van der Waals surface area (Å²) in [6, 6.07) is 23.4. The second-order valence-electron chi connectivity index (χ2n) is 9.72. The van der Waals surface area contributed by atoms with E-state index in [0.29, 0.717) is 22.7 Å². The van der Waals surface area contributed by atoms with Gasteiger partial charge in [0.25, 0.3) is 0 Å². The Balaban J connectivity index is 0.000000264. The Bertz CT molecular complexity index is 1500. The van der Waals surface area contributed by atoms with Crippen molar-refractivity contribution in [1.29, 1.82) is 0 Å². The molecular formula is C33H33N5O10. The molecule has 0 amide bonds. The van der Waals surface area contributed by atoms with Crippen molar-refractivity contribution in [3.05, 3.63) is 119 Å². The van der Waals surface area contributed by atoms with E-state index in [1.807, 2.05) is 0 Å². The van der Waals surface area contributed by atoms with Crippen LogP contribution in [0, 0.1) is 0 Å². The molecule has 0 unspecified atom stereocenters. The van der Waals surface area contributed by atoms with E-state index in [4.69, 9.17) is 48.4 Å².